The van der Waals surface area contributed by atoms with Crippen LogP contribution in [0, 0.1) is 0 Å². The zero-order chi connectivity index (χ0) is 11.4. The van der Waals surface area contributed by atoms with Crippen molar-refractivity contribution in [2.45, 2.75) is 42.8 Å². The number of hydrogen-bond donors (Lipinski definition) is 1. The molecular weight excluding hydrogens is 220 g/mol. The minimum Gasteiger partial charge on any atom is -0.487 e. The van der Waals surface area contributed by atoms with Crippen LogP contribution in [0.5, 0.6) is 5.75 Å². The second kappa shape index (κ2) is 5.60. The van der Waals surface area contributed by atoms with Crippen LogP contribution in [0.4, 0.5) is 0 Å². The van der Waals surface area contributed by atoms with Crippen molar-refractivity contribution in [3.63, 3.8) is 0 Å². The first-order chi connectivity index (χ1) is 7.81. The van der Waals surface area contributed by atoms with E-state index >= 15 is 0 Å². The van der Waals surface area contributed by atoms with Crippen LogP contribution in [0.25, 0.3) is 0 Å². The lowest BCUT2D eigenvalue weighted by Gasteiger charge is -2.28. The highest BCUT2D eigenvalue weighted by atomic mass is 32.2. The molecule has 2 nitrogen and oxygen atoms in total. The van der Waals surface area contributed by atoms with Crippen LogP contribution >= 0.6 is 11.8 Å². The maximum Gasteiger partial charge on any atom is 0.133 e. The van der Waals surface area contributed by atoms with E-state index in [1.807, 2.05) is 24.5 Å². The van der Waals surface area contributed by atoms with E-state index in [0.29, 0.717) is 0 Å². The molecule has 1 N–H and O–H groups in total. The van der Waals surface area contributed by atoms with E-state index in [0.717, 1.165) is 36.3 Å². The molecule has 0 heterocycles. The van der Waals surface area contributed by atoms with Gasteiger partial charge < -0.3 is 9.84 Å². The van der Waals surface area contributed by atoms with Crippen LogP contribution in [0.2, 0.25) is 0 Å². The maximum atomic E-state index is 9.86. The summed E-state index contributed by atoms with van der Waals surface area (Å²) in [6.45, 7) is 0. The van der Waals surface area contributed by atoms with Crippen molar-refractivity contribution >= 4 is 11.8 Å². The van der Waals surface area contributed by atoms with Crippen molar-refractivity contribution in [3.05, 3.63) is 24.3 Å². The first-order valence-corrected chi connectivity index (χ1v) is 7.01. The lowest BCUT2D eigenvalue weighted by atomic mass is 9.95. The molecule has 1 fully saturated rings. The summed E-state index contributed by atoms with van der Waals surface area (Å²) in [5.74, 6) is 0.904. The van der Waals surface area contributed by atoms with Crippen LogP contribution in [-0.4, -0.2) is 23.6 Å². The van der Waals surface area contributed by atoms with Crippen molar-refractivity contribution < 1.29 is 9.84 Å². The van der Waals surface area contributed by atoms with Gasteiger partial charge in [-0.3, -0.25) is 0 Å². The van der Waals surface area contributed by atoms with Crippen LogP contribution in [-0.2, 0) is 0 Å². The highest BCUT2D eigenvalue weighted by Gasteiger charge is 2.25. The Morgan fingerprint density at radius 1 is 1.25 bits per heavy atom. The molecule has 2 unspecified atom stereocenters. The number of thioether (sulfide) groups is 1. The van der Waals surface area contributed by atoms with Crippen LogP contribution < -0.4 is 4.74 Å². The Morgan fingerprint density at radius 2 is 2.00 bits per heavy atom. The molecule has 0 aliphatic heterocycles. The zero-order valence-corrected chi connectivity index (χ0v) is 10.4. The van der Waals surface area contributed by atoms with Gasteiger partial charge in [-0.05, 0) is 37.7 Å². The molecule has 0 spiro atoms. The Kier molecular flexibility index (Phi) is 4.13. The predicted octanol–water partition coefficient (Wildman–Crippen LogP) is 3.09. The Bertz CT molecular complexity index is 340. The number of aliphatic hydroxyl groups excluding tert-OH is 1. The van der Waals surface area contributed by atoms with Crippen molar-refractivity contribution in [1.29, 1.82) is 0 Å². The summed E-state index contributed by atoms with van der Waals surface area (Å²) in [7, 11) is 0. The molecule has 88 valence electrons. The average molecular weight is 238 g/mol. The van der Waals surface area contributed by atoms with Gasteiger partial charge in [0.25, 0.3) is 0 Å². The van der Waals surface area contributed by atoms with E-state index in [1.165, 1.54) is 0 Å². The fourth-order valence-electron chi connectivity index (χ4n) is 2.09. The lowest BCUT2D eigenvalue weighted by molar-refractivity contribution is 0.00547. The predicted molar refractivity (Wildman–Crippen MR) is 67.1 cm³/mol. The molecule has 1 aliphatic carbocycles. The first-order valence-electron chi connectivity index (χ1n) is 5.79. The fourth-order valence-corrected chi connectivity index (χ4v) is 2.63. The second-order valence-corrected chi connectivity index (χ2v) is 5.01. The highest BCUT2D eigenvalue weighted by molar-refractivity contribution is 7.98. The van der Waals surface area contributed by atoms with Crippen molar-refractivity contribution in [2.75, 3.05) is 6.26 Å². The zero-order valence-electron chi connectivity index (χ0n) is 9.56. The summed E-state index contributed by atoms with van der Waals surface area (Å²) in [6, 6.07) is 8.02. The molecule has 0 saturated heterocycles. The third kappa shape index (κ3) is 2.71. The normalized spacial score (nSPS) is 25.4. The fraction of sp³-hybridized carbons (Fsp3) is 0.538. The molecule has 0 amide bonds. The number of benzene rings is 1. The summed E-state index contributed by atoms with van der Waals surface area (Å²) >= 11 is 1.68. The Hall–Kier alpha value is -0.670. The molecule has 2 rings (SSSR count). The van der Waals surface area contributed by atoms with E-state index in [-0.39, 0.29) is 12.2 Å². The van der Waals surface area contributed by atoms with E-state index in [4.69, 9.17) is 4.74 Å². The second-order valence-electron chi connectivity index (χ2n) is 4.16. The smallest absolute Gasteiger partial charge is 0.133 e. The molecule has 16 heavy (non-hydrogen) atoms. The monoisotopic (exact) mass is 238 g/mol. The topological polar surface area (TPSA) is 29.5 Å². The number of para-hydroxylation sites is 1. The molecule has 0 radical (unpaired) electrons. The molecule has 1 aliphatic rings. The molecular formula is C13H18O2S. The Morgan fingerprint density at radius 3 is 2.75 bits per heavy atom. The number of ether oxygens (including phenoxy) is 1. The summed E-state index contributed by atoms with van der Waals surface area (Å²) in [6.07, 6.45) is 5.81. The minimum absolute atomic E-state index is 0.0259. The van der Waals surface area contributed by atoms with Crippen LogP contribution in [0.3, 0.4) is 0 Å². The van der Waals surface area contributed by atoms with E-state index < -0.39 is 0 Å². The SMILES string of the molecule is CSc1ccccc1OC1CCCCC1O. The molecule has 0 bridgehead atoms. The van der Waals surface area contributed by atoms with E-state index in [2.05, 4.69) is 6.07 Å². The van der Waals surface area contributed by atoms with Gasteiger partial charge in [-0.25, -0.2) is 0 Å². The lowest BCUT2D eigenvalue weighted by Crippen LogP contribution is -2.34. The van der Waals surface area contributed by atoms with Gasteiger partial charge in [-0.1, -0.05) is 18.6 Å². The van der Waals surface area contributed by atoms with E-state index in [1.54, 1.807) is 11.8 Å². The van der Waals surface area contributed by atoms with Crippen LogP contribution in [0.1, 0.15) is 25.7 Å². The van der Waals surface area contributed by atoms with Gasteiger partial charge in [-0.2, -0.15) is 0 Å². The third-order valence-electron chi connectivity index (χ3n) is 3.02. The van der Waals surface area contributed by atoms with Crippen LogP contribution in [0.15, 0.2) is 29.2 Å². The minimum atomic E-state index is -0.302. The summed E-state index contributed by atoms with van der Waals surface area (Å²) < 4.78 is 5.92. The average Bonchev–Trinajstić information content (AvgIpc) is 2.33. The molecule has 0 aromatic heterocycles. The van der Waals surface area contributed by atoms with Crippen molar-refractivity contribution in [2.24, 2.45) is 0 Å². The Balaban J connectivity index is 2.07. The summed E-state index contributed by atoms with van der Waals surface area (Å²) in [4.78, 5) is 1.14. The van der Waals surface area contributed by atoms with Gasteiger partial charge in [0.2, 0.25) is 0 Å². The Labute approximate surface area is 101 Å². The molecule has 1 saturated carbocycles. The molecule has 3 heteroatoms. The molecule has 1 aromatic rings. The largest absolute Gasteiger partial charge is 0.487 e. The van der Waals surface area contributed by atoms with Gasteiger partial charge in [-0.15, -0.1) is 11.8 Å². The molecule has 2 atom stereocenters. The van der Waals surface area contributed by atoms with Gasteiger partial charge in [0.1, 0.15) is 11.9 Å². The number of rotatable bonds is 3. The summed E-state index contributed by atoms with van der Waals surface area (Å²) in [5.41, 5.74) is 0. The van der Waals surface area contributed by atoms with Crippen molar-refractivity contribution in [1.82, 2.24) is 0 Å². The van der Waals surface area contributed by atoms with Gasteiger partial charge in [0.15, 0.2) is 0 Å². The van der Waals surface area contributed by atoms with Gasteiger partial charge >= 0.3 is 0 Å². The van der Waals surface area contributed by atoms with Crippen molar-refractivity contribution in [3.8, 4) is 5.75 Å². The van der Waals surface area contributed by atoms with Gasteiger partial charge in [0, 0.05) is 4.90 Å². The standard InChI is InChI=1S/C13H18O2S/c1-16-13-9-5-4-8-12(13)15-11-7-3-2-6-10(11)14/h4-5,8-11,14H,2-3,6-7H2,1H3. The number of aliphatic hydroxyl groups is 1. The summed E-state index contributed by atoms with van der Waals surface area (Å²) in [5, 5.41) is 9.86. The molecule has 1 aromatic carbocycles. The van der Waals surface area contributed by atoms with Gasteiger partial charge in [0.05, 0.1) is 6.10 Å². The quantitative estimate of drug-likeness (QED) is 0.821. The third-order valence-corrected chi connectivity index (χ3v) is 3.79. The highest BCUT2D eigenvalue weighted by Crippen LogP contribution is 2.30. The maximum absolute atomic E-state index is 9.86. The number of hydrogen-bond acceptors (Lipinski definition) is 3. The van der Waals surface area contributed by atoms with E-state index in [9.17, 15) is 5.11 Å². The first kappa shape index (κ1) is 11.8.